The van der Waals surface area contributed by atoms with Crippen LogP contribution in [0.5, 0.6) is 0 Å². The van der Waals surface area contributed by atoms with Gasteiger partial charge in [0.25, 0.3) is 0 Å². The number of hydrogen-bond donors (Lipinski definition) is 2. The maximum absolute atomic E-state index is 12.1. The van der Waals surface area contributed by atoms with E-state index in [-0.39, 0.29) is 5.69 Å². The van der Waals surface area contributed by atoms with E-state index in [0.717, 1.165) is 22.3 Å². The smallest absolute Gasteiger partial charge is 0.331 e. The largest absolute Gasteiger partial charge is 0.399 e. The van der Waals surface area contributed by atoms with Crippen LogP contribution in [-0.4, -0.2) is 9.55 Å². The van der Waals surface area contributed by atoms with Crippen LogP contribution in [0.4, 0.5) is 5.69 Å². The monoisotopic (exact) mass is 253 g/mol. The highest BCUT2D eigenvalue weighted by atomic mass is 16.1. The fourth-order valence-corrected chi connectivity index (χ4v) is 2.24. The third-order valence-corrected chi connectivity index (χ3v) is 3.46. The maximum atomic E-state index is 12.1. The van der Waals surface area contributed by atoms with Gasteiger partial charge in [0.1, 0.15) is 0 Å². The molecule has 4 nitrogen and oxygen atoms in total. The van der Waals surface area contributed by atoms with Crippen LogP contribution in [0.3, 0.4) is 0 Å². The average molecular weight is 253 g/mol. The SMILES string of the molecule is Cc1ccc(-n2c(=O)[nH]c3ccc(N)cc32)cc1C. The molecule has 0 radical (unpaired) electrons. The Bertz CT molecular complexity index is 827. The van der Waals surface area contributed by atoms with Crippen molar-refractivity contribution in [1.82, 2.24) is 9.55 Å². The number of benzene rings is 2. The molecule has 0 aliphatic carbocycles. The van der Waals surface area contributed by atoms with Gasteiger partial charge < -0.3 is 10.7 Å². The molecule has 0 saturated heterocycles. The number of fused-ring (bicyclic) bond motifs is 1. The Morgan fingerprint density at radius 2 is 1.84 bits per heavy atom. The summed E-state index contributed by atoms with van der Waals surface area (Å²) in [6.07, 6.45) is 0. The molecular formula is C15H15N3O. The number of imidazole rings is 1. The van der Waals surface area contributed by atoms with Gasteiger partial charge in [0.05, 0.1) is 16.7 Å². The summed E-state index contributed by atoms with van der Waals surface area (Å²) in [6, 6.07) is 11.4. The quantitative estimate of drug-likeness (QED) is 0.654. The van der Waals surface area contributed by atoms with E-state index in [0.29, 0.717) is 5.69 Å². The van der Waals surface area contributed by atoms with Crippen molar-refractivity contribution < 1.29 is 0 Å². The van der Waals surface area contributed by atoms with E-state index in [9.17, 15) is 4.79 Å². The van der Waals surface area contributed by atoms with Crippen LogP contribution in [-0.2, 0) is 0 Å². The summed E-state index contributed by atoms with van der Waals surface area (Å²) >= 11 is 0. The van der Waals surface area contributed by atoms with Gasteiger partial charge in [-0.2, -0.15) is 0 Å². The molecule has 1 heterocycles. The lowest BCUT2D eigenvalue weighted by Gasteiger charge is -2.07. The number of nitrogen functional groups attached to an aromatic ring is 1. The Morgan fingerprint density at radius 1 is 1.05 bits per heavy atom. The van der Waals surface area contributed by atoms with Gasteiger partial charge in [-0.1, -0.05) is 6.07 Å². The van der Waals surface area contributed by atoms with E-state index in [1.807, 2.05) is 37.3 Å². The van der Waals surface area contributed by atoms with Crippen LogP contribution in [0.2, 0.25) is 0 Å². The van der Waals surface area contributed by atoms with Gasteiger partial charge in [0.2, 0.25) is 0 Å². The van der Waals surface area contributed by atoms with Crippen molar-refractivity contribution in [3.63, 3.8) is 0 Å². The van der Waals surface area contributed by atoms with Gasteiger partial charge in [-0.3, -0.25) is 4.57 Å². The highest BCUT2D eigenvalue weighted by molar-refractivity contribution is 5.80. The Labute approximate surface area is 110 Å². The first-order valence-electron chi connectivity index (χ1n) is 6.14. The molecule has 0 fully saturated rings. The Morgan fingerprint density at radius 3 is 2.58 bits per heavy atom. The first kappa shape index (κ1) is 11.6. The molecule has 1 aromatic heterocycles. The van der Waals surface area contributed by atoms with Crippen molar-refractivity contribution in [3.8, 4) is 5.69 Å². The second-order valence-electron chi connectivity index (χ2n) is 4.81. The van der Waals surface area contributed by atoms with Gasteiger partial charge in [-0.05, 0) is 55.3 Å². The summed E-state index contributed by atoms with van der Waals surface area (Å²) in [5.74, 6) is 0. The Balaban J connectivity index is 2.35. The first-order chi connectivity index (χ1) is 9.06. The van der Waals surface area contributed by atoms with E-state index in [1.165, 1.54) is 5.56 Å². The molecule has 3 rings (SSSR count). The zero-order chi connectivity index (χ0) is 13.6. The molecule has 0 amide bonds. The predicted molar refractivity (Wildman–Crippen MR) is 77.8 cm³/mol. The molecule has 2 aromatic carbocycles. The summed E-state index contributed by atoms with van der Waals surface area (Å²) in [5.41, 5.74) is 11.1. The lowest BCUT2D eigenvalue weighted by molar-refractivity contribution is 1.01. The number of nitrogens with one attached hydrogen (secondary N) is 1. The minimum absolute atomic E-state index is 0.149. The molecular weight excluding hydrogens is 238 g/mol. The zero-order valence-electron chi connectivity index (χ0n) is 10.9. The molecule has 3 N–H and O–H groups in total. The maximum Gasteiger partial charge on any atom is 0.331 e. The Hall–Kier alpha value is -2.49. The van der Waals surface area contributed by atoms with E-state index in [2.05, 4.69) is 11.9 Å². The number of aryl methyl sites for hydroxylation is 2. The Kier molecular flexibility index (Phi) is 2.45. The highest BCUT2D eigenvalue weighted by Gasteiger charge is 2.09. The van der Waals surface area contributed by atoms with Crippen LogP contribution in [0.15, 0.2) is 41.2 Å². The zero-order valence-corrected chi connectivity index (χ0v) is 10.9. The second-order valence-corrected chi connectivity index (χ2v) is 4.81. The van der Waals surface area contributed by atoms with E-state index in [4.69, 9.17) is 5.73 Å². The topological polar surface area (TPSA) is 63.8 Å². The fraction of sp³-hybridized carbons (Fsp3) is 0.133. The van der Waals surface area contributed by atoms with E-state index >= 15 is 0 Å². The van der Waals surface area contributed by atoms with Crippen molar-refractivity contribution in [2.75, 3.05) is 5.73 Å². The molecule has 0 bridgehead atoms. The molecule has 3 aromatic rings. The third-order valence-electron chi connectivity index (χ3n) is 3.46. The van der Waals surface area contributed by atoms with Crippen molar-refractivity contribution >= 4 is 16.7 Å². The fourth-order valence-electron chi connectivity index (χ4n) is 2.24. The third kappa shape index (κ3) is 1.81. The van der Waals surface area contributed by atoms with Crippen LogP contribution in [0, 0.1) is 13.8 Å². The minimum Gasteiger partial charge on any atom is -0.399 e. The molecule has 0 atom stereocenters. The normalized spacial score (nSPS) is 11.1. The number of aromatic amines is 1. The molecule has 0 saturated carbocycles. The number of hydrogen-bond acceptors (Lipinski definition) is 2. The lowest BCUT2D eigenvalue weighted by Crippen LogP contribution is -2.14. The summed E-state index contributed by atoms with van der Waals surface area (Å²) < 4.78 is 1.65. The molecule has 0 aliphatic heterocycles. The first-order valence-corrected chi connectivity index (χ1v) is 6.14. The molecule has 19 heavy (non-hydrogen) atoms. The molecule has 0 aliphatic rings. The number of rotatable bonds is 1. The standard InChI is InChI=1S/C15H15N3O/c1-9-3-5-12(7-10(9)2)18-14-8-11(16)4-6-13(14)17-15(18)19/h3-8H,16H2,1-2H3,(H,17,19). The number of aromatic nitrogens is 2. The molecule has 96 valence electrons. The number of nitrogens with zero attached hydrogens (tertiary/aromatic N) is 1. The van der Waals surface area contributed by atoms with E-state index in [1.54, 1.807) is 10.6 Å². The summed E-state index contributed by atoms with van der Waals surface area (Å²) in [4.78, 5) is 15.0. The van der Waals surface area contributed by atoms with Gasteiger partial charge >= 0.3 is 5.69 Å². The highest BCUT2D eigenvalue weighted by Crippen LogP contribution is 2.19. The molecule has 0 unspecified atom stereocenters. The van der Waals surface area contributed by atoms with Gasteiger partial charge in [-0.25, -0.2) is 4.79 Å². The number of nitrogens with two attached hydrogens (primary N) is 1. The van der Waals surface area contributed by atoms with Gasteiger partial charge in [-0.15, -0.1) is 0 Å². The molecule has 0 spiro atoms. The van der Waals surface area contributed by atoms with Gasteiger partial charge in [0, 0.05) is 5.69 Å². The van der Waals surface area contributed by atoms with Crippen LogP contribution in [0.1, 0.15) is 11.1 Å². The van der Waals surface area contributed by atoms with Crippen LogP contribution in [0.25, 0.3) is 16.7 Å². The number of H-pyrrole nitrogens is 1. The predicted octanol–water partition coefficient (Wildman–Crippen LogP) is 2.52. The van der Waals surface area contributed by atoms with E-state index < -0.39 is 0 Å². The lowest BCUT2D eigenvalue weighted by atomic mass is 10.1. The summed E-state index contributed by atoms with van der Waals surface area (Å²) in [5, 5.41) is 0. The van der Waals surface area contributed by atoms with Crippen LogP contribution < -0.4 is 11.4 Å². The van der Waals surface area contributed by atoms with Crippen molar-refractivity contribution in [1.29, 1.82) is 0 Å². The second kappa shape index (κ2) is 4.02. The van der Waals surface area contributed by atoms with Crippen molar-refractivity contribution in [2.45, 2.75) is 13.8 Å². The van der Waals surface area contributed by atoms with Crippen molar-refractivity contribution in [2.24, 2.45) is 0 Å². The summed E-state index contributed by atoms with van der Waals surface area (Å²) in [6.45, 7) is 4.09. The molecule has 4 heteroatoms. The van der Waals surface area contributed by atoms with Crippen LogP contribution >= 0.6 is 0 Å². The number of anilines is 1. The summed E-state index contributed by atoms with van der Waals surface area (Å²) in [7, 11) is 0. The minimum atomic E-state index is -0.149. The van der Waals surface area contributed by atoms with Gasteiger partial charge in [0.15, 0.2) is 0 Å². The van der Waals surface area contributed by atoms with Crippen molar-refractivity contribution in [3.05, 3.63) is 58.0 Å². The average Bonchev–Trinajstić information content (AvgIpc) is 2.68.